The van der Waals surface area contributed by atoms with Crippen molar-refractivity contribution in [2.24, 2.45) is 5.92 Å². The minimum absolute atomic E-state index is 0.689. The van der Waals surface area contributed by atoms with E-state index in [9.17, 15) is 0 Å². The van der Waals surface area contributed by atoms with Crippen LogP contribution < -0.4 is 5.32 Å². The molecule has 0 aliphatic heterocycles. The van der Waals surface area contributed by atoms with E-state index in [1.807, 2.05) is 18.6 Å². The number of hydrogen-bond acceptors (Lipinski definition) is 4. The first-order valence-electron chi connectivity index (χ1n) is 7.94. The topological polar surface area (TPSA) is 55.6 Å². The van der Waals surface area contributed by atoms with Gasteiger partial charge in [-0.25, -0.2) is 15.0 Å². The highest BCUT2D eigenvalue weighted by Crippen LogP contribution is 2.27. The third-order valence-corrected chi connectivity index (χ3v) is 4.09. The normalized spacial score (nSPS) is 15.5. The first kappa shape index (κ1) is 14.0. The van der Waals surface area contributed by atoms with Crippen LogP contribution in [-0.2, 0) is 6.54 Å². The summed E-state index contributed by atoms with van der Waals surface area (Å²) in [6.07, 6.45) is 14.1. The second kappa shape index (κ2) is 6.70. The van der Waals surface area contributed by atoms with E-state index >= 15 is 0 Å². The van der Waals surface area contributed by atoms with Gasteiger partial charge in [0.05, 0.1) is 5.56 Å². The maximum absolute atomic E-state index is 4.48. The zero-order valence-electron chi connectivity index (χ0n) is 12.6. The first-order chi connectivity index (χ1) is 10.4. The number of nitrogens with zero attached hydrogens (tertiary/aromatic N) is 4. The van der Waals surface area contributed by atoms with E-state index < -0.39 is 0 Å². The van der Waals surface area contributed by atoms with Crippen molar-refractivity contribution >= 4 is 5.95 Å². The van der Waals surface area contributed by atoms with E-state index in [-0.39, 0.29) is 0 Å². The number of aromatic nitrogens is 4. The molecule has 2 heterocycles. The van der Waals surface area contributed by atoms with Gasteiger partial charge in [-0.15, -0.1) is 0 Å². The second-order valence-corrected chi connectivity index (χ2v) is 5.78. The molecule has 0 aromatic carbocycles. The van der Waals surface area contributed by atoms with E-state index in [0.29, 0.717) is 5.95 Å². The van der Waals surface area contributed by atoms with Gasteiger partial charge in [0.2, 0.25) is 5.95 Å². The Bertz CT molecular complexity index is 554. The minimum atomic E-state index is 0.689. The molecule has 112 valence electrons. The second-order valence-electron chi connectivity index (χ2n) is 5.78. The highest BCUT2D eigenvalue weighted by molar-refractivity contribution is 5.53. The fraction of sp³-hybridized carbons (Fsp3) is 0.562. The highest BCUT2D eigenvalue weighted by atomic mass is 15.1. The lowest BCUT2D eigenvalue weighted by atomic mass is 10.1. The monoisotopic (exact) mass is 285 g/mol. The van der Waals surface area contributed by atoms with Crippen LogP contribution in [0.1, 0.15) is 39.0 Å². The molecule has 2 aromatic heterocycles. The zero-order valence-corrected chi connectivity index (χ0v) is 12.6. The lowest BCUT2D eigenvalue weighted by Gasteiger charge is -2.13. The molecule has 1 N–H and O–H groups in total. The van der Waals surface area contributed by atoms with E-state index in [0.717, 1.165) is 36.8 Å². The summed E-state index contributed by atoms with van der Waals surface area (Å²) in [6, 6.07) is 0. The first-order valence-corrected chi connectivity index (χ1v) is 7.94. The fourth-order valence-corrected chi connectivity index (χ4v) is 2.96. The molecule has 0 spiro atoms. The quantitative estimate of drug-likeness (QED) is 0.884. The predicted octanol–water partition coefficient (Wildman–Crippen LogP) is 3.35. The Morgan fingerprint density at radius 3 is 2.67 bits per heavy atom. The summed E-state index contributed by atoms with van der Waals surface area (Å²) in [5, 5.41) is 3.19. The molecule has 2 aromatic rings. The van der Waals surface area contributed by atoms with Crippen molar-refractivity contribution < 1.29 is 0 Å². The van der Waals surface area contributed by atoms with Gasteiger partial charge in [-0.05, 0) is 25.2 Å². The van der Waals surface area contributed by atoms with Crippen molar-refractivity contribution in [1.29, 1.82) is 0 Å². The maximum atomic E-state index is 4.48. The molecule has 21 heavy (non-hydrogen) atoms. The lowest BCUT2D eigenvalue weighted by Crippen LogP contribution is -2.08. The SMILES string of the molecule is CCCNc1ncc(-c2nccn2CC2CCCC2)cn1. The number of hydrogen-bond donors (Lipinski definition) is 1. The molecule has 3 rings (SSSR count). The summed E-state index contributed by atoms with van der Waals surface area (Å²) >= 11 is 0. The van der Waals surface area contributed by atoms with E-state index in [1.54, 1.807) is 0 Å². The molecule has 1 aliphatic rings. The number of anilines is 1. The average molecular weight is 285 g/mol. The Morgan fingerprint density at radius 2 is 1.95 bits per heavy atom. The Kier molecular flexibility index (Phi) is 4.48. The van der Waals surface area contributed by atoms with E-state index in [2.05, 4.69) is 38.0 Å². The van der Waals surface area contributed by atoms with Crippen LogP contribution in [0.25, 0.3) is 11.4 Å². The average Bonchev–Trinajstić information content (AvgIpc) is 3.18. The summed E-state index contributed by atoms with van der Waals surface area (Å²) in [4.78, 5) is 13.2. The van der Waals surface area contributed by atoms with Gasteiger partial charge in [-0.3, -0.25) is 0 Å². The number of nitrogens with one attached hydrogen (secondary N) is 1. The van der Waals surface area contributed by atoms with E-state index in [4.69, 9.17) is 0 Å². The summed E-state index contributed by atoms with van der Waals surface area (Å²) in [5.74, 6) is 2.46. The van der Waals surface area contributed by atoms with Gasteiger partial charge in [0.25, 0.3) is 0 Å². The van der Waals surface area contributed by atoms with Crippen molar-refractivity contribution in [3.63, 3.8) is 0 Å². The third kappa shape index (κ3) is 3.40. The lowest BCUT2D eigenvalue weighted by molar-refractivity contribution is 0.460. The van der Waals surface area contributed by atoms with Crippen LogP contribution in [0.4, 0.5) is 5.95 Å². The molecule has 5 nitrogen and oxygen atoms in total. The molecule has 0 bridgehead atoms. The summed E-state index contributed by atoms with van der Waals surface area (Å²) in [7, 11) is 0. The van der Waals surface area contributed by atoms with Gasteiger partial charge in [-0.1, -0.05) is 19.8 Å². The Hall–Kier alpha value is -1.91. The van der Waals surface area contributed by atoms with Gasteiger partial charge in [0.1, 0.15) is 5.82 Å². The summed E-state index contributed by atoms with van der Waals surface area (Å²) in [6.45, 7) is 4.09. The third-order valence-electron chi connectivity index (χ3n) is 4.09. The molecular formula is C16H23N5. The molecule has 0 amide bonds. The molecule has 1 fully saturated rings. The van der Waals surface area contributed by atoms with Crippen LogP contribution in [0.2, 0.25) is 0 Å². The van der Waals surface area contributed by atoms with Crippen LogP contribution in [0, 0.1) is 5.92 Å². The van der Waals surface area contributed by atoms with Crippen LogP contribution in [0.5, 0.6) is 0 Å². The molecule has 1 aliphatic carbocycles. The van der Waals surface area contributed by atoms with Gasteiger partial charge in [-0.2, -0.15) is 0 Å². The van der Waals surface area contributed by atoms with Crippen LogP contribution in [0.15, 0.2) is 24.8 Å². The number of imidazole rings is 1. The number of rotatable bonds is 6. The smallest absolute Gasteiger partial charge is 0.222 e. The Balaban J connectivity index is 1.72. The van der Waals surface area contributed by atoms with Gasteiger partial charge >= 0.3 is 0 Å². The highest BCUT2D eigenvalue weighted by Gasteiger charge is 2.17. The van der Waals surface area contributed by atoms with Crippen molar-refractivity contribution in [2.45, 2.75) is 45.6 Å². The molecule has 5 heteroatoms. The van der Waals surface area contributed by atoms with Crippen molar-refractivity contribution in [1.82, 2.24) is 19.5 Å². The standard InChI is InChI=1S/C16H23N5/c1-2-7-18-16-19-10-14(11-20-16)15-17-8-9-21(15)12-13-5-3-4-6-13/h8-11,13H,2-7,12H2,1H3,(H,18,19,20). The summed E-state index contributed by atoms with van der Waals surface area (Å²) in [5.41, 5.74) is 0.986. The maximum Gasteiger partial charge on any atom is 0.222 e. The summed E-state index contributed by atoms with van der Waals surface area (Å²) < 4.78 is 2.24. The van der Waals surface area contributed by atoms with Gasteiger partial charge < -0.3 is 9.88 Å². The molecular weight excluding hydrogens is 262 g/mol. The molecule has 0 radical (unpaired) electrons. The predicted molar refractivity (Wildman–Crippen MR) is 84.0 cm³/mol. The fourth-order valence-electron chi connectivity index (χ4n) is 2.96. The minimum Gasteiger partial charge on any atom is -0.354 e. The van der Waals surface area contributed by atoms with Crippen molar-refractivity contribution in [2.75, 3.05) is 11.9 Å². The Labute approximate surface area is 125 Å². The molecule has 0 unspecified atom stereocenters. The molecule has 1 saturated carbocycles. The van der Waals surface area contributed by atoms with Crippen LogP contribution >= 0.6 is 0 Å². The largest absolute Gasteiger partial charge is 0.354 e. The van der Waals surface area contributed by atoms with Crippen molar-refractivity contribution in [3.8, 4) is 11.4 Å². The zero-order chi connectivity index (χ0) is 14.5. The molecule has 0 saturated heterocycles. The van der Waals surface area contributed by atoms with Crippen molar-refractivity contribution in [3.05, 3.63) is 24.8 Å². The van der Waals surface area contributed by atoms with E-state index in [1.165, 1.54) is 25.7 Å². The Morgan fingerprint density at radius 1 is 1.19 bits per heavy atom. The van der Waals surface area contributed by atoms with Gasteiger partial charge in [0, 0.05) is 37.9 Å². The molecule has 0 atom stereocenters. The van der Waals surface area contributed by atoms with Gasteiger partial charge in [0.15, 0.2) is 0 Å². The van der Waals surface area contributed by atoms with Crippen LogP contribution in [0.3, 0.4) is 0 Å². The van der Waals surface area contributed by atoms with Crippen LogP contribution in [-0.4, -0.2) is 26.1 Å².